The SMILES string of the molecule is CN1CC2CN(C)C3CCc4ccccc4C3(C1)C2=O. The number of benzene rings is 1. The average molecular weight is 270 g/mol. The van der Waals surface area contributed by atoms with E-state index in [0.29, 0.717) is 11.8 Å². The van der Waals surface area contributed by atoms with E-state index in [1.54, 1.807) is 0 Å². The van der Waals surface area contributed by atoms with E-state index in [1.165, 1.54) is 11.1 Å². The normalized spacial score (nSPS) is 37.4. The molecule has 0 radical (unpaired) electrons. The van der Waals surface area contributed by atoms with Crippen molar-refractivity contribution in [2.75, 3.05) is 33.7 Å². The van der Waals surface area contributed by atoms with Crippen LogP contribution in [0, 0.1) is 5.92 Å². The predicted molar refractivity (Wildman–Crippen MR) is 78.9 cm³/mol. The highest BCUT2D eigenvalue weighted by molar-refractivity contribution is 5.96. The van der Waals surface area contributed by atoms with Crippen molar-refractivity contribution in [2.45, 2.75) is 24.3 Å². The molecule has 1 aromatic rings. The monoisotopic (exact) mass is 270 g/mol. The minimum atomic E-state index is -0.278. The zero-order valence-corrected chi connectivity index (χ0v) is 12.3. The standard InChI is InChI=1S/C17H22N2O/c1-18-9-13-10-19(2)15-8-7-12-5-3-4-6-14(12)17(15,11-18)16(13)20/h3-6,13,15H,7-11H2,1-2H3. The van der Waals surface area contributed by atoms with Crippen LogP contribution in [0.4, 0.5) is 0 Å². The molecule has 0 saturated carbocycles. The van der Waals surface area contributed by atoms with Crippen molar-refractivity contribution in [1.82, 2.24) is 9.80 Å². The molecule has 0 N–H and O–H groups in total. The average Bonchev–Trinajstić information content (AvgIpc) is 2.43. The number of nitrogens with zero attached hydrogens (tertiary/aromatic N) is 2. The molecule has 1 aromatic carbocycles. The maximum atomic E-state index is 13.2. The van der Waals surface area contributed by atoms with Gasteiger partial charge in [-0.2, -0.15) is 0 Å². The summed E-state index contributed by atoms with van der Waals surface area (Å²) in [6.07, 6.45) is 2.22. The number of aryl methyl sites for hydroxylation is 1. The Morgan fingerprint density at radius 3 is 2.85 bits per heavy atom. The molecule has 2 fully saturated rings. The lowest BCUT2D eigenvalue weighted by molar-refractivity contribution is -0.145. The summed E-state index contributed by atoms with van der Waals surface area (Å²) in [4.78, 5) is 18.0. The van der Waals surface area contributed by atoms with Gasteiger partial charge in [0.05, 0.1) is 5.41 Å². The zero-order valence-electron chi connectivity index (χ0n) is 12.3. The van der Waals surface area contributed by atoms with E-state index in [1.807, 2.05) is 0 Å². The first-order valence-corrected chi connectivity index (χ1v) is 7.64. The van der Waals surface area contributed by atoms with Gasteiger partial charge < -0.3 is 9.80 Å². The molecule has 1 spiro atoms. The van der Waals surface area contributed by atoms with Crippen LogP contribution in [-0.2, 0) is 16.6 Å². The number of hydrogen-bond donors (Lipinski definition) is 0. The lowest BCUT2D eigenvalue weighted by atomic mass is 9.57. The van der Waals surface area contributed by atoms with Crippen molar-refractivity contribution in [3.05, 3.63) is 35.4 Å². The van der Waals surface area contributed by atoms with Gasteiger partial charge in [-0.25, -0.2) is 0 Å². The Bertz CT molecular complexity index is 570. The molecule has 2 aliphatic heterocycles. The highest BCUT2D eigenvalue weighted by Gasteiger charge is 2.58. The van der Waals surface area contributed by atoms with Gasteiger partial charge in [-0.1, -0.05) is 24.3 Å². The van der Waals surface area contributed by atoms with Gasteiger partial charge in [0.25, 0.3) is 0 Å². The van der Waals surface area contributed by atoms with Crippen LogP contribution in [0.25, 0.3) is 0 Å². The van der Waals surface area contributed by atoms with Crippen LogP contribution < -0.4 is 0 Å². The number of Topliss-reactive ketones (excluding diaryl/α,β-unsaturated/α-hetero) is 1. The lowest BCUT2D eigenvalue weighted by Gasteiger charge is -2.57. The maximum Gasteiger partial charge on any atom is 0.151 e. The molecule has 20 heavy (non-hydrogen) atoms. The molecule has 106 valence electrons. The maximum absolute atomic E-state index is 13.2. The van der Waals surface area contributed by atoms with Crippen LogP contribution in [0.5, 0.6) is 0 Å². The largest absolute Gasteiger partial charge is 0.304 e. The number of carbonyl (C=O) groups is 1. The van der Waals surface area contributed by atoms with E-state index in [0.717, 1.165) is 32.5 Å². The first kappa shape index (κ1) is 12.5. The van der Waals surface area contributed by atoms with Crippen LogP contribution in [-0.4, -0.2) is 55.4 Å². The van der Waals surface area contributed by atoms with Crippen molar-refractivity contribution in [3.8, 4) is 0 Å². The molecule has 2 bridgehead atoms. The highest BCUT2D eigenvalue weighted by atomic mass is 16.1. The zero-order chi connectivity index (χ0) is 13.9. The van der Waals surface area contributed by atoms with Gasteiger partial charge in [0, 0.05) is 31.6 Å². The molecule has 4 rings (SSSR count). The summed E-state index contributed by atoms with van der Waals surface area (Å²) in [5, 5.41) is 0. The highest BCUT2D eigenvalue weighted by Crippen LogP contribution is 2.47. The molecule has 3 aliphatic rings. The summed E-state index contributed by atoms with van der Waals surface area (Å²) in [5.74, 6) is 0.687. The van der Waals surface area contributed by atoms with Crippen molar-refractivity contribution in [2.24, 2.45) is 5.92 Å². The Kier molecular flexibility index (Phi) is 2.60. The molecule has 3 heteroatoms. The summed E-state index contributed by atoms with van der Waals surface area (Å²) in [5.41, 5.74) is 2.42. The van der Waals surface area contributed by atoms with Crippen molar-refractivity contribution < 1.29 is 4.79 Å². The van der Waals surface area contributed by atoms with E-state index in [4.69, 9.17) is 0 Å². The third kappa shape index (κ3) is 1.45. The van der Waals surface area contributed by atoms with Gasteiger partial charge in [0.1, 0.15) is 0 Å². The van der Waals surface area contributed by atoms with E-state index < -0.39 is 0 Å². The van der Waals surface area contributed by atoms with Crippen molar-refractivity contribution >= 4 is 5.78 Å². The van der Waals surface area contributed by atoms with Gasteiger partial charge in [0.2, 0.25) is 0 Å². The summed E-state index contributed by atoms with van der Waals surface area (Å²) in [6.45, 7) is 2.73. The minimum Gasteiger partial charge on any atom is -0.304 e. The van der Waals surface area contributed by atoms with Crippen LogP contribution in [0.2, 0.25) is 0 Å². The smallest absolute Gasteiger partial charge is 0.151 e. The van der Waals surface area contributed by atoms with Crippen LogP contribution in [0.3, 0.4) is 0 Å². The van der Waals surface area contributed by atoms with E-state index >= 15 is 0 Å². The van der Waals surface area contributed by atoms with Crippen molar-refractivity contribution in [1.29, 1.82) is 0 Å². The topological polar surface area (TPSA) is 23.6 Å². The van der Waals surface area contributed by atoms with Gasteiger partial charge in [-0.05, 0) is 38.1 Å². The number of likely N-dealkylation sites (N-methyl/N-ethyl adjacent to an activating group) is 2. The van der Waals surface area contributed by atoms with Crippen LogP contribution >= 0.6 is 0 Å². The summed E-state index contributed by atoms with van der Waals surface area (Å²) < 4.78 is 0. The quantitative estimate of drug-likeness (QED) is 0.710. The Morgan fingerprint density at radius 1 is 1.20 bits per heavy atom. The number of fused-ring (bicyclic) bond motifs is 2. The molecule has 3 nitrogen and oxygen atoms in total. The van der Waals surface area contributed by atoms with E-state index in [2.05, 4.69) is 48.2 Å². The third-order valence-corrected chi connectivity index (χ3v) is 5.66. The number of carbonyl (C=O) groups excluding carboxylic acids is 1. The number of piperidine rings is 2. The molecule has 1 aliphatic carbocycles. The third-order valence-electron chi connectivity index (χ3n) is 5.66. The Balaban J connectivity index is 1.94. The molecule has 2 saturated heterocycles. The molecular weight excluding hydrogens is 248 g/mol. The fourth-order valence-corrected chi connectivity index (χ4v) is 4.98. The van der Waals surface area contributed by atoms with Crippen LogP contribution in [0.1, 0.15) is 17.5 Å². The van der Waals surface area contributed by atoms with E-state index in [-0.39, 0.29) is 11.3 Å². The fourth-order valence-electron chi connectivity index (χ4n) is 4.98. The molecule has 0 aromatic heterocycles. The molecule has 2 heterocycles. The number of likely N-dealkylation sites (tertiary alicyclic amines) is 2. The summed E-state index contributed by atoms with van der Waals surface area (Å²) in [7, 11) is 4.37. The lowest BCUT2D eigenvalue weighted by Crippen LogP contribution is -2.71. The summed E-state index contributed by atoms with van der Waals surface area (Å²) in [6, 6.07) is 9.00. The Morgan fingerprint density at radius 2 is 2.00 bits per heavy atom. The van der Waals surface area contributed by atoms with Crippen molar-refractivity contribution in [3.63, 3.8) is 0 Å². The first-order valence-electron chi connectivity index (χ1n) is 7.64. The summed E-state index contributed by atoms with van der Waals surface area (Å²) >= 11 is 0. The Hall–Kier alpha value is -1.19. The van der Waals surface area contributed by atoms with Gasteiger partial charge in [0.15, 0.2) is 5.78 Å². The second-order valence-electron chi connectivity index (χ2n) is 6.88. The fraction of sp³-hybridized carbons (Fsp3) is 0.588. The van der Waals surface area contributed by atoms with E-state index in [9.17, 15) is 4.79 Å². The number of ketones is 1. The first-order chi connectivity index (χ1) is 9.63. The van der Waals surface area contributed by atoms with Gasteiger partial charge in [-0.3, -0.25) is 4.79 Å². The van der Waals surface area contributed by atoms with Gasteiger partial charge in [-0.15, -0.1) is 0 Å². The Labute approximate surface area is 120 Å². The van der Waals surface area contributed by atoms with Crippen LogP contribution in [0.15, 0.2) is 24.3 Å². The number of hydrogen-bond acceptors (Lipinski definition) is 3. The van der Waals surface area contributed by atoms with Gasteiger partial charge >= 0.3 is 0 Å². The molecule has 0 amide bonds. The predicted octanol–water partition coefficient (Wildman–Crippen LogP) is 1.32. The second-order valence-corrected chi connectivity index (χ2v) is 6.88. The number of rotatable bonds is 0. The second kappa shape index (κ2) is 4.15. The minimum absolute atomic E-state index is 0.182. The molecule has 3 unspecified atom stereocenters. The molecule has 3 atom stereocenters. The molecular formula is C17H22N2O.